The Kier molecular flexibility index (Phi) is 4.45. The van der Waals surface area contributed by atoms with E-state index in [0.29, 0.717) is 13.0 Å². The molecule has 2 aromatic carbocycles. The first-order chi connectivity index (χ1) is 11.1. The zero-order chi connectivity index (χ0) is 16.3. The van der Waals surface area contributed by atoms with Crippen molar-refractivity contribution in [2.75, 3.05) is 6.54 Å². The summed E-state index contributed by atoms with van der Waals surface area (Å²) < 4.78 is 42.2. The maximum absolute atomic E-state index is 13.6. The number of halogens is 1. The number of hydrogen-bond donors (Lipinski definition) is 1. The third-order valence-corrected chi connectivity index (χ3v) is 5.17. The van der Waals surface area contributed by atoms with Gasteiger partial charge in [0.05, 0.1) is 0 Å². The fourth-order valence-electron chi connectivity index (χ4n) is 2.53. The predicted octanol–water partition coefficient (Wildman–Crippen LogP) is 3.15. The summed E-state index contributed by atoms with van der Waals surface area (Å²) in [7, 11) is -3.81. The molecule has 4 nitrogen and oxygen atoms in total. The minimum atomic E-state index is -3.81. The summed E-state index contributed by atoms with van der Waals surface area (Å²) >= 11 is 0. The van der Waals surface area contributed by atoms with Crippen molar-refractivity contribution in [3.05, 3.63) is 66.6 Å². The van der Waals surface area contributed by atoms with Crippen LogP contribution in [0, 0.1) is 5.82 Å². The van der Waals surface area contributed by atoms with Gasteiger partial charge in [-0.05, 0) is 36.1 Å². The Bertz CT molecular complexity index is 919. The maximum Gasteiger partial charge on any atom is 0.243 e. The summed E-state index contributed by atoms with van der Waals surface area (Å²) in [4.78, 5) is -0.314. The quantitative estimate of drug-likeness (QED) is 0.705. The van der Waals surface area contributed by atoms with Gasteiger partial charge in [-0.2, -0.15) is 0 Å². The molecule has 0 atom stereocenters. The van der Waals surface area contributed by atoms with E-state index in [4.69, 9.17) is 0 Å². The normalized spacial score (nSPS) is 11.9. The number of aromatic nitrogens is 1. The molecule has 0 aliphatic heterocycles. The molecule has 1 N–H and O–H groups in total. The lowest BCUT2D eigenvalue weighted by molar-refractivity contribution is 0.551. The van der Waals surface area contributed by atoms with Crippen LogP contribution in [0.4, 0.5) is 4.39 Å². The van der Waals surface area contributed by atoms with Crippen LogP contribution < -0.4 is 4.72 Å². The van der Waals surface area contributed by atoms with Gasteiger partial charge in [0, 0.05) is 24.8 Å². The number of hydrogen-bond acceptors (Lipinski definition) is 2. The van der Waals surface area contributed by atoms with Gasteiger partial charge in [-0.25, -0.2) is 17.5 Å². The fourth-order valence-corrected chi connectivity index (χ4v) is 3.68. The van der Waals surface area contributed by atoms with E-state index in [1.807, 2.05) is 36.5 Å². The first-order valence-corrected chi connectivity index (χ1v) is 8.84. The zero-order valence-electron chi connectivity index (χ0n) is 12.4. The van der Waals surface area contributed by atoms with E-state index >= 15 is 0 Å². The van der Waals surface area contributed by atoms with Crippen molar-refractivity contribution >= 4 is 20.9 Å². The molecule has 3 rings (SSSR count). The molecule has 1 aromatic heterocycles. The van der Waals surface area contributed by atoms with E-state index in [1.165, 1.54) is 18.2 Å². The smallest absolute Gasteiger partial charge is 0.243 e. The fraction of sp³-hybridized carbons (Fsp3) is 0.176. The molecule has 3 aromatic rings. The minimum Gasteiger partial charge on any atom is -0.347 e. The molecule has 0 amide bonds. The summed E-state index contributed by atoms with van der Waals surface area (Å²) in [5, 5.41) is 1.15. The summed E-state index contributed by atoms with van der Waals surface area (Å²) in [5.74, 6) is -0.739. The van der Waals surface area contributed by atoms with E-state index in [1.54, 1.807) is 0 Å². The van der Waals surface area contributed by atoms with Crippen LogP contribution in [-0.4, -0.2) is 19.5 Å². The number of para-hydroxylation sites is 1. The van der Waals surface area contributed by atoms with Crippen LogP contribution >= 0.6 is 0 Å². The largest absolute Gasteiger partial charge is 0.347 e. The van der Waals surface area contributed by atoms with Crippen LogP contribution in [0.1, 0.15) is 6.42 Å². The van der Waals surface area contributed by atoms with Crippen LogP contribution in [0.3, 0.4) is 0 Å². The van der Waals surface area contributed by atoms with E-state index in [0.717, 1.165) is 17.0 Å². The van der Waals surface area contributed by atoms with Gasteiger partial charge in [0.25, 0.3) is 0 Å². The lowest BCUT2D eigenvalue weighted by atomic mass is 10.2. The molecule has 1 heterocycles. The molecule has 0 aliphatic carbocycles. The van der Waals surface area contributed by atoms with Gasteiger partial charge in [0.15, 0.2) is 0 Å². The Labute approximate surface area is 134 Å². The number of rotatable bonds is 6. The predicted molar refractivity (Wildman–Crippen MR) is 88.1 cm³/mol. The van der Waals surface area contributed by atoms with Gasteiger partial charge in [-0.15, -0.1) is 0 Å². The maximum atomic E-state index is 13.6. The Balaban J connectivity index is 1.60. The monoisotopic (exact) mass is 332 g/mol. The molecule has 0 unspecified atom stereocenters. The molecule has 0 saturated heterocycles. The highest BCUT2D eigenvalue weighted by Gasteiger charge is 2.17. The third-order valence-electron chi connectivity index (χ3n) is 3.67. The van der Waals surface area contributed by atoms with Crippen molar-refractivity contribution in [3.63, 3.8) is 0 Å². The van der Waals surface area contributed by atoms with Crippen LogP contribution in [0.15, 0.2) is 65.7 Å². The number of sulfonamides is 1. The van der Waals surface area contributed by atoms with Gasteiger partial charge < -0.3 is 4.57 Å². The molecule has 0 bridgehead atoms. The SMILES string of the molecule is O=S(=O)(NCCCn1ccc2ccccc21)c1ccccc1F. The molecular weight excluding hydrogens is 315 g/mol. The third kappa shape index (κ3) is 3.43. The average molecular weight is 332 g/mol. The molecule has 0 radical (unpaired) electrons. The molecule has 120 valence electrons. The number of nitrogens with one attached hydrogen (secondary N) is 1. The van der Waals surface area contributed by atoms with Crippen LogP contribution in [0.25, 0.3) is 10.9 Å². The average Bonchev–Trinajstić information content (AvgIpc) is 2.95. The summed E-state index contributed by atoms with van der Waals surface area (Å²) in [6, 6.07) is 15.4. The molecule has 0 fully saturated rings. The molecule has 23 heavy (non-hydrogen) atoms. The number of nitrogens with zero attached hydrogens (tertiary/aromatic N) is 1. The number of aryl methyl sites for hydroxylation is 1. The second kappa shape index (κ2) is 6.52. The van der Waals surface area contributed by atoms with Gasteiger partial charge in [0.1, 0.15) is 10.7 Å². The Morgan fingerprint density at radius 3 is 2.57 bits per heavy atom. The summed E-state index contributed by atoms with van der Waals surface area (Å²) in [6.45, 7) is 0.941. The standard InChI is InChI=1S/C17H17FN2O2S/c18-15-7-2-4-9-17(15)23(21,22)19-11-5-12-20-13-10-14-6-1-3-8-16(14)20/h1-4,6-10,13,19H,5,11-12H2. The Hall–Kier alpha value is -2.18. The molecule has 0 saturated carbocycles. The second-order valence-electron chi connectivity index (χ2n) is 5.25. The highest BCUT2D eigenvalue weighted by molar-refractivity contribution is 7.89. The molecule has 0 aliphatic rings. The Morgan fingerprint density at radius 1 is 1.00 bits per heavy atom. The van der Waals surface area contributed by atoms with Crippen molar-refractivity contribution in [1.29, 1.82) is 0 Å². The zero-order valence-corrected chi connectivity index (χ0v) is 13.3. The number of benzene rings is 2. The van der Waals surface area contributed by atoms with E-state index < -0.39 is 15.8 Å². The van der Waals surface area contributed by atoms with Gasteiger partial charge in [0.2, 0.25) is 10.0 Å². The van der Waals surface area contributed by atoms with E-state index in [2.05, 4.69) is 9.29 Å². The number of fused-ring (bicyclic) bond motifs is 1. The van der Waals surface area contributed by atoms with E-state index in [-0.39, 0.29) is 11.4 Å². The summed E-state index contributed by atoms with van der Waals surface area (Å²) in [5.41, 5.74) is 1.12. The molecule has 0 spiro atoms. The minimum absolute atomic E-state index is 0.253. The highest BCUT2D eigenvalue weighted by Crippen LogP contribution is 2.16. The molecular formula is C17H17FN2O2S. The second-order valence-corrected chi connectivity index (χ2v) is 6.99. The van der Waals surface area contributed by atoms with Crippen LogP contribution in [-0.2, 0) is 16.6 Å². The highest BCUT2D eigenvalue weighted by atomic mass is 32.2. The first kappa shape index (κ1) is 15.7. The lowest BCUT2D eigenvalue weighted by Gasteiger charge is -2.09. The summed E-state index contributed by atoms with van der Waals surface area (Å²) in [6.07, 6.45) is 2.60. The van der Waals surface area contributed by atoms with Crippen LogP contribution in [0.2, 0.25) is 0 Å². The van der Waals surface area contributed by atoms with Crippen molar-refractivity contribution < 1.29 is 12.8 Å². The van der Waals surface area contributed by atoms with Crippen molar-refractivity contribution in [3.8, 4) is 0 Å². The molecule has 6 heteroatoms. The van der Waals surface area contributed by atoms with Gasteiger partial charge in [-0.3, -0.25) is 0 Å². The van der Waals surface area contributed by atoms with Crippen LogP contribution in [0.5, 0.6) is 0 Å². The first-order valence-electron chi connectivity index (χ1n) is 7.36. The van der Waals surface area contributed by atoms with E-state index in [9.17, 15) is 12.8 Å². The Morgan fingerprint density at radius 2 is 1.74 bits per heavy atom. The van der Waals surface area contributed by atoms with Gasteiger partial charge in [-0.1, -0.05) is 30.3 Å². The van der Waals surface area contributed by atoms with Crippen molar-refractivity contribution in [1.82, 2.24) is 9.29 Å². The van der Waals surface area contributed by atoms with Crippen molar-refractivity contribution in [2.45, 2.75) is 17.9 Å². The van der Waals surface area contributed by atoms with Gasteiger partial charge >= 0.3 is 0 Å². The topological polar surface area (TPSA) is 51.1 Å². The van der Waals surface area contributed by atoms with Crippen molar-refractivity contribution in [2.24, 2.45) is 0 Å². The lowest BCUT2D eigenvalue weighted by Crippen LogP contribution is -2.26.